The molecular weight excluding hydrogens is 312 g/mol. The summed E-state index contributed by atoms with van der Waals surface area (Å²) in [5.74, 6) is -0.459. The maximum atomic E-state index is 12.8. The number of hydrogen-bond acceptors (Lipinski definition) is 2. The lowest BCUT2D eigenvalue weighted by Gasteiger charge is -2.28. The van der Waals surface area contributed by atoms with Gasteiger partial charge in [-0.3, -0.25) is 9.59 Å². The van der Waals surface area contributed by atoms with Crippen molar-refractivity contribution >= 4 is 11.8 Å². The van der Waals surface area contributed by atoms with Crippen LogP contribution < -0.4 is 5.32 Å². The van der Waals surface area contributed by atoms with Crippen LogP contribution in [0.25, 0.3) is 0 Å². The normalized spacial score (nSPS) is 11.0. The molecule has 2 aromatic rings. The maximum absolute atomic E-state index is 12.8. The third-order valence-electron chi connectivity index (χ3n) is 4.41. The number of amides is 2. The van der Waals surface area contributed by atoms with E-state index in [1.54, 1.807) is 25.8 Å². The van der Waals surface area contributed by atoms with Gasteiger partial charge in [0, 0.05) is 20.1 Å². The molecule has 0 fully saturated rings. The highest BCUT2D eigenvalue weighted by Crippen LogP contribution is 2.20. The Morgan fingerprint density at radius 3 is 2.24 bits per heavy atom. The number of carbonyl (C=O) groups is 2. The summed E-state index contributed by atoms with van der Waals surface area (Å²) in [5.41, 5.74) is 2.09. The zero-order valence-corrected chi connectivity index (χ0v) is 15.4. The molecule has 0 radical (unpaired) electrons. The molecule has 0 saturated carbocycles. The zero-order valence-electron chi connectivity index (χ0n) is 15.4. The van der Waals surface area contributed by atoms with E-state index in [1.807, 2.05) is 61.5 Å². The van der Waals surface area contributed by atoms with Gasteiger partial charge in [0.2, 0.25) is 11.8 Å². The van der Waals surface area contributed by atoms with Crippen LogP contribution in [-0.4, -0.2) is 23.8 Å². The van der Waals surface area contributed by atoms with Crippen molar-refractivity contribution in [1.29, 1.82) is 0 Å². The molecule has 0 aliphatic carbocycles. The summed E-state index contributed by atoms with van der Waals surface area (Å²) >= 11 is 0. The zero-order chi connectivity index (χ0) is 18.4. The van der Waals surface area contributed by atoms with Gasteiger partial charge in [0.1, 0.15) is 5.41 Å². The molecule has 0 heterocycles. The van der Waals surface area contributed by atoms with Crippen molar-refractivity contribution in [3.63, 3.8) is 0 Å². The lowest BCUT2D eigenvalue weighted by molar-refractivity contribution is -0.148. The Bertz CT molecular complexity index is 739. The van der Waals surface area contributed by atoms with Crippen LogP contribution in [0.1, 0.15) is 30.5 Å². The number of benzene rings is 2. The lowest BCUT2D eigenvalue weighted by atomic mass is 9.90. The number of carbonyl (C=O) groups excluding carboxylic acids is 2. The van der Waals surface area contributed by atoms with Gasteiger partial charge in [0.15, 0.2) is 0 Å². The second-order valence-corrected chi connectivity index (χ2v) is 6.88. The van der Waals surface area contributed by atoms with Crippen LogP contribution in [-0.2, 0) is 22.7 Å². The van der Waals surface area contributed by atoms with Gasteiger partial charge in [-0.05, 0) is 37.5 Å². The quantitative estimate of drug-likeness (QED) is 0.822. The average molecular weight is 338 g/mol. The molecule has 0 unspecified atom stereocenters. The molecule has 2 rings (SSSR count). The molecule has 4 nitrogen and oxygen atoms in total. The molecule has 2 aromatic carbocycles. The molecule has 25 heavy (non-hydrogen) atoms. The van der Waals surface area contributed by atoms with E-state index in [4.69, 9.17) is 0 Å². The number of hydrogen-bond donors (Lipinski definition) is 1. The van der Waals surface area contributed by atoms with Gasteiger partial charge < -0.3 is 10.2 Å². The van der Waals surface area contributed by atoms with Crippen molar-refractivity contribution in [3.8, 4) is 0 Å². The van der Waals surface area contributed by atoms with Gasteiger partial charge in [-0.1, -0.05) is 54.6 Å². The summed E-state index contributed by atoms with van der Waals surface area (Å²) in [5, 5.41) is 2.89. The van der Waals surface area contributed by atoms with Gasteiger partial charge in [-0.2, -0.15) is 0 Å². The molecule has 2 amide bonds. The van der Waals surface area contributed by atoms with Crippen LogP contribution in [0.3, 0.4) is 0 Å². The van der Waals surface area contributed by atoms with E-state index in [1.165, 1.54) is 0 Å². The van der Waals surface area contributed by atoms with Crippen LogP contribution in [0.5, 0.6) is 0 Å². The summed E-state index contributed by atoms with van der Waals surface area (Å²) in [6, 6.07) is 17.6. The number of aryl methyl sites for hydroxylation is 1. The molecule has 0 saturated heterocycles. The molecule has 132 valence electrons. The number of rotatable bonds is 6. The topological polar surface area (TPSA) is 49.4 Å². The number of nitrogens with zero attached hydrogens (tertiary/aromatic N) is 1. The van der Waals surface area contributed by atoms with E-state index >= 15 is 0 Å². The third-order valence-corrected chi connectivity index (χ3v) is 4.41. The fourth-order valence-electron chi connectivity index (χ4n) is 2.71. The first-order chi connectivity index (χ1) is 11.8. The minimum Gasteiger partial charge on any atom is -0.351 e. The van der Waals surface area contributed by atoms with Crippen LogP contribution in [0.15, 0.2) is 54.6 Å². The Kier molecular flexibility index (Phi) is 5.97. The second-order valence-electron chi connectivity index (χ2n) is 6.88. The summed E-state index contributed by atoms with van der Waals surface area (Å²) < 4.78 is 0. The summed E-state index contributed by atoms with van der Waals surface area (Å²) in [6.45, 7) is 6.25. The Balaban J connectivity index is 1.99. The molecule has 0 aromatic heterocycles. The summed E-state index contributed by atoms with van der Waals surface area (Å²) in [4.78, 5) is 26.9. The first-order valence-electron chi connectivity index (χ1n) is 8.44. The predicted molar refractivity (Wildman–Crippen MR) is 99.7 cm³/mol. The average Bonchev–Trinajstić information content (AvgIpc) is 2.60. The Morgan fingerprint density at radius 2 is 1.60 bits per heavy atom. The molecule has 0 aliphatic heterocycles. The Morgan fingerprint density at radius 1 is 1.00 bits per heavy atom. The van der Waals surface area contributed by atoms with E-state index in [0.29, 0.717) is 13.1 Å². The van der Waals surface area contributed by atoms with Crippen molar-refractivity contribution in [2.24, 2.45) is 5.41 Å². The molecule has 4 heteroatoms. The molecular formula is C21H26N2O2. The highest BCUT2D eigenvalue weighted by molar-refractivity contribution is 6.04. The Labute approximate surface area is 149 Å². The fourth-order valence-corrected chi connectivity index (χ4v) is 2.71. The van der Waals surface area contributed by atoms with E-state index in [2.05, 4.69) is 5.32 Å². The van der Waals surface area contributed by atoms with Crippen molar-refractivity contribution < 1.29 is 9.59 Å². The van der Waals surface area contributed by atoms with E-state index in [-0.39, 0.29) is 11.8 Å². The first kappa shape index (κ1) is 18.7. The monoisotopic (exact) mass is 338 g/mol. The van der Waals surface area contributed by atoms with Gasteiger partial charge in [-0.15, -0.1) is 0 Å². The number of nitrogens with one attached hydrogen (secondary N) is 1. The first-order valence-corrected chi connectivity index (χ1v) is 8.44. The molecule has 0 spiro atoms. The van der Waals surface area contributed by atoms with E-state index in [0.717, 1.165) is 16.7 Å². The third kappa shape index (κ3) is 4.69. The Hall–Kier alpha value is -2.62. The molecule has 1 N–H and O–H groups in total. The summed E-state index contributed by atoms with van der Waals surface area (Å²) in [7, 11) is 1.73. The van der Waals surface area contributed by atoms with Crippen LogP contribution >= 0.6 is 0 Å². The molecule has 0 aliphatic rings. The van der Waals surface area contributed by atoms with Crippen molar-refractivity contribution in [1.82, 2.24) is 10.2 Å². The van der Waals surface area contributed by atoms with Crippen molar-refractivity contribution in [2.45, 2.75) is 33.9 Å². The lowest BCUT2D eigenvalue weighted by Crippen LogP contribution is -2.48. The maximum Gasteiger partial charge on any atom is 0.237 e. The SMILES string of the molecule is Cc1ccccc1CNC(=O)C(C)(C)C(=O)N(C)Cc1ccccc1. The minimum absolute atomic E-state index is 0.196. The highest BCUT2D eigenvalue weighted by atomic mass is 16.2. The van der Waals surface area contributed by atoms with Gasteiger partial charge in [-0.25, -0.2) is 0 Å². The largest absolute Gasteiger partial charge is 0.351 e. The van der Waals surface area contributed by atoms with E-state index in [9.17, 15) is 9.59 Å². The van der Waals surface area contributed by atoms with Gasteiger partial charge in [0.05, 0.1) is 0 Å². The van der Waals surface area contributed by atoms with Crippen LogP contribution in [0.2, 0.25) is 0 Å². The molecule has 0 atom stereocenters. The van der Waals surface area contributed by atoms with Crippen LogP contribution in [0.4, 0.5) is 0 Å². The second kappa shape index (κ2) is 7.97. The fraction of sp³-hybridized carbons (Fsp3) is 0.333. The van der Waals surface area contributed by atoms with Crippen molar-refractivity contribution in [2.75, 3.05) is 7.05 Å². The molecule has 0 bridgehead atoms. The summed E-state index contributed by atoms with van der Waals surface area (Å²) in [6.07, 6.45) is 0. The van der Waals surface area contributed by atoms with E-state index < -0.39 is 5.41 Å². The minimum atomic E-state index is -1.12. The van der Waals surface area contributed by atoms with Gasteiger partial charge in [0.25, 0.3) is 0 Å². The van der Waals surface area contributed by atoms with Crippen molar-refractivity contribution in [3.05, 3.63) is 71.3 Å². The van der Waals surface area contributed by atoms with Crippen LogP contribution in [0, 0.1) is 12.3 Å². The van der Waals surface area contributed by atoms with Gasteiger partial charge >= 0.3 is 0 Å². The standard InChI is InChI=1S/C21H26N2O2/c1-16-10-8-9-13-18(16)14-22-19(24)21(2,3)20(25)23(4)15-17-11-6-5-7-12-17/h5-13H,14-15H2,1-4H3,(H,22,24). The smallest absolute Gasteiger partial charge is 0.237 e. The highest BCUT2D eigenvalue weighted by Gasteiger charge is 2.37. The predicted octanol–water partition coefficient (Wildman–Crippen LogP) is 3.30.